The van der Waals surface area contributed by atoms with E-state index in [9.17, 15) is 0 Å². The van der Waals surface area contributed by atoms with Crippen LogP contribution in [0.5, 0.6) is 0 Å². The van der Waals surface area contributed by atoms with Crippen LogP contribution in [0.4, 0.5) is 0 Å². The van der Waals surface area contributed by atoms with Crippen molar-refractivity contribution in [2.24, 2.45) is 0 Å². The maximum absolute atomic E-state index is 4.07. The normalized spacial score (nSPS) is 13.3. The number of aromatic nitrogens is 1. The topological polar surface area (TPSA) is 4.93 Å². The van der Waals surface area contributed by atoms with Crippen molar-refractivity contribution in [1.29, 1.82) is 0 Å². The van der Waals surface area contributed by atoms with Gasteiger partial charge in [0.15, 0.2) is 0 Å². The fourth-order valence-electron chi connectivity index (χ4n) is 6.30. The van der Waals surface area contributed by atoms with E-state index in [1.54, 1.807) is 0 Å². The second-order valence-electron chi connectivity index (χ2n) is 10.7. The molecule has 0 saturated heterocycles. The Hall–Kier alpha value is -4.62. The molecule has 38 heavy (non-hydrogen) atoms. The molecular formula is C37H29N. The van der Waals surface area contributed by atoms with E-state index < -0.39 is 0 Å². The molecule has 1 aliphatic carbocycles. The lowest BCUT2D eigenvalue weighted by Gasteiger charge is -2.22. The molecule has 182 valence electrons. The summed E-state index contributed by atoms with van der Waals surface area (Å²) in [6.45, 7) is 8.76. The van der Waals surface area contributed by atoms with Gasteiger partial charge in [0.2, 0.25) is 0 Å². The van der Waals surface area contributed by atoms with Gasteiger partial charge in [0.1, 0.15) is 0 Å². The van der Waals surface area contributed by atoms with Gasteiger partial charge < -0.3 is 4.57 Å². The quantitative estimate of drug-likeness (QED) is 0.233. The largest absolute Gasteiger partial charge is 0.309 e. The molecule has 6 aromatic rings. The molecule has 0 fully saturated rings. The molecule has 7 rings (SSSR count). The average molecular weight is 488 g/mol. The van der Waals surface area contributed by atoms with Crippen LogP contribution in [0.3, 0.4) is 0 Å². The Labute approximate surface area is 224 Å². The number of hydrogen-bond donors (Lipinski definition) is 0. The zero-order valence-corrected chi connectivity index (χ0v) is 21.8. The first-order valence-corrected chi connectivity index (χ1v) is 13.2. The summed E-state index contributed by atoms with van der Waals surface area (Å²) in [5, 5.41) is 1.24. The van der Waals surface area contributed by atoms with Gasteiger partial charge in [0.25, 0.3) is 0 Å². The summed E-state index contributed by atoms with van der Waals surface area (Å²) in [5.74, 6) is 0. The molecular weight excluding hydrogens is 458 g/mol. The summed E-state index contributed by atoms with van der Waals surface area (Å²) < 4.78 is 2.46. The molecule has 1 heterocycles. The third-order valence-electron chi connectivity index (χ3n) is 8.16. The van der Waals surface area contributed by atoms with Crippen molar-refractivity contribution in [3.05, 3.63) is 145 Å². The van der Waals surface area contributed by atoms with Crippen LogP contribution in [0.25, 0.3) is 56.2 Å². The summed E-state index contributed by atoms with van der Waals surface area (Å²) in [5.41, 5.74) is 13.7. The predicted molar refractivity (Wildman–Crippen MR) is 162 cm³/mol. The second-order valence-corrected chi connectivity index (χ2v) is 10.7. The zero-order valence-electron chi connectivity index (χ0n) is 21.8. The van der Waals surface area contributed by atoms with Crippen molar-refractivity contribution in [3.63, 3.8) is 0 Å². The minimum absolute atomic E-state index is 0.0632. The van der Waals surface area contributed by atoms with Crippen molar-refractivity contribution in [3.8, 4) is 39.2 Å². The Balaban J connectivity index is 1.60. The minimum Gasteiger partial charge on any atom is -0.309 e. The Kier molecular flexibility index (Phi) is 5.03. The molecule has 0 bridgehead atoms. The van der Waals surface area contributed by atoms with Gasteiger partial charge >= 0.3 is 0 Å². The number of fused-ring (bicyclic) bond motifs is 4. The van der Waals surface area contributed by atoms with Crippen molar-refractivity contribution in [1.82, 2.24) is 4.57 Å². The van der Waals surface area contributed by atoms with E-state index in [4.69, 9.17) is 0 Å². The summed E-state index contributed by atoms with van der Waals surface area (Å²) >= 11 is 0. The highest BCUT2D eigenvalue weighted by Crippen LogP contribution is 2.50. The molecule has 1 aromatic heterocycles. The van der Waals surface area contributed by atoms with Gasteiger partial charge in [-0.05, 0) is 57.1 Å². The van der Waals surface area contributed by atoms with Crippen LogP contribution < -0.4 is 0 Å². The SMILES string of the molecule is C=Cc1ccc2c(-c3ccccc3)c(-c3ccccc3)n(-c3ccc4c(c3)C(C)(C)c3ccccc3-4)c2c1. The zero-order chi connectivity index (χ0) is 25.9. The van der Waals surface area contributed by atoms with Crippen LogP contribution in [-0.2, 0) is 5.41 Å². The maximum atomic E-state index is 4.07. The number of rotatable bonds is 4. The number of benzene rings is 5. The van der Waals surface area contributed by atoms with Gasteiger partial charge in [0, 0.05) is 22.1 Å². The van der Waals surface area contributed by atoms with Gasteiger partial charge in [-0.2, -0.15) is 0 Å². The van der Waals surface area contributed by atoms with E-state index >= 15 is 0 Å². The van der Waals surface area contributed by atoms with Gasteiger partial charge in [-0.3, -0.25) is 0 Å². The first kappa shape index (κ1) is 22.6. The molecule has 0 saturated carbocycles. The molecule has 0 N–H and O–H groups in total. The fraction of sp³-hybridized carbons (Fsp3) is 0.0811. The predicted octanol–water partition coefficient (Wildman–Crippen LogP) is 9.91. The lowest BCUT2D eigenvalue weighted by molar-refractivity contribution is 0.660. The third kappa shape index (κ3) is 3.25. The molecule has 0 unspecified atom stereocenters. The van der Waals surface area contributed by atoms with Crippen LogP contribution in [0.15, 0.2) is 128 Å². The Morgan fingerprint density at radius 2 is 1.29 bits per heavy atom. The Morgan fingerprint density at radius 3 is 2.03 bits per heavy atom. The highest BCUT2D eigenvalue weighted by atomic mass is 15.0. The third-order valence-corrected chi connectivity index (χ3v) is 8.16. The van der Waals surface area contributed by atoms with Gasteiger partial charge in [-0.25, -0.2) is 0 Å². The summed E-state index contributed by atoms with van der Waals surface area (Å²) in [6, 6.07) is 44.1. The number of nitrogens with zero attached hydrogens (tertiary/aromatic N) is 1. The van der Waals surface area contributed by atoms with Crippen LogP contribution in [0, 0.1) is 0 Å². The van der Waals surface area contributed by atoms with E-state index in [0.29, 0.717) is 0 Å². The maximum Gasteiger partial charge on any atom is 0.0619 e. The molecule has 1 heteroatoms. The van der Waals surface area contributed by atoms with E-state index in [1.807, 2.05) is 6.08 Å². The van der Waals surface area contributed by atoms with Crippen LogP contribution in [-0.4, -0.2) is 4.57 Å². The molecule has 1 aliphatic rings. The van der Waals surface area contributed by atoms with Crippen molar-refractivity contribution in [2.45, 2.75) is 19.3 Å². The van der Waals surface area contributed by atoms with E-state index in [2.05, 4.69) is 146 Å². The smallest absolute Gasteiger partial charge is 0.0619 e. The summed E-state index contributed by atoms with van der Waals surface area (Å²) in [6.07, 6.45) is 1.93. The van der Waals surface area contributed by atoms with Crippen LogP contribution in [0.2, 0.25) is 0 Å². The molecule has 5 aromatic carbocycles. The Morgan fingerprint density at radius 1 is 0.632 bits per heavy atom. The van der Waals surface area contributed by atoms with Crippen molar-refractivity contribution >= 4 is 17.0 Å². The molecule has 0 aliphatic heterocycles. The molecule has 0 spiro atoms. The highest BCUT2D eigenvalue weighted by Gasteiger charge is 2.35. The van der Waals surface area contributed by atoms with Gasteiger partial charge in [-0.15, -0.1) is 0 Å². The molecule has 0 atom stereocenters. The molecule has 1 nitrogen and oxygen atoms in total. The fourth-order valence-corrected chi connectivity index (χ4v) is 6.30. The van der Waals surface area contributed by atoms with Gasteiger partial charge in [0.05, 0.1) is 11.2 Å². The minimum atomic E-state index is -0.0632. The van der Waals surface area contributed by atoms with Gasteiger partial charge in [-0.1, -0.05) is 130 Å². The second kappa shape index (κ2) is 8.46. The number of hydrogen-bond acceptors (Lipinski definition) is 0. The lowest BCUT2D eigenvalue weighted by atomic mass is 9.82. The molecule has 0 radical (unpaired) electrons. The standard InChI is InChI=1S/C37H29N/c1-4-25-19-21-31-34(23-25)38(36(27-15-9-6-10-16-27)35(31)26-13-7-5-8-14-26)28-20-22-30-29-17-11-12-18-32(29)37(2,3)33(30)24-28/h4-24H,1H2,2-3H3. The highest BCUT2D eigenvalue weighted by molar-refractivity contribution is 6.06. The van der Waals surface area contributed by atoms with E-state index in [0.717, 1.165) is 5.56 Å². The Bertz CT molecular complexity index is 1840. The van der Waals surface area contributed by atoms with E-state index in [-0.39, 0.29) is 5.41 Å². The average Bonchev–Trinajstić information content (AvgIpc) is 3.43. The molecule has 0 amide bonds. The van der Waals surface area contributed by atoms with E-state index in [1.165, 1.54) is 61.2 Å². The summed E-state index contributed by atoms with van der Waals surface area (Å²) in [4.78, 5) is 0. The van der Waals surface area contributed by atoms with Crippen molar-refractivity contribution in [2.75, 3.05) is 0 Å². The summed E-state index contributed by atoms with van der Waals surface area (Å²) in [7, 11) is 0. The monoisotopic (exact) mass is 487 g/mol. The van der Waals surface area contributed by atoms with Crippen molar-refractivity contribution < 1.29 is 0 Å². The lowest BCUT2D eigenvalue weighted by Crippen LogP contribution is -2.15. The first-order valence-electron chi connectivity index (χ1n) is 13.2. The van der Waals surface area contributed by atoms with Crippen LogP contribution >= 0.6 is 0 Å². The first-order chi connectivity index (χ1) is 18.6. The van der Waals surface area contributed by atoms with Crippen LogP contribution in [0.1, 0.15) is 30.5 Å².